The van der Waals surface area contributed by atoms with E-state index in [4.69, 9.17) is 21.1 Å². The number of hydrogen-bond donors (Lipinski definition) is 1. The molecule has 2 fully saturated rings. The molecule has 8 heteroatoms. The van der Waals surface area contributed by atoms with Crippen LogP contribution >= 0.6 is 11.6 Å². The molecule has 0 saturated carbocycles. The maximum Gasteiger partial charge on any atom is 0.412 e. The predicted molar refractivity (Wildman–Crippen MR) is 123 cm³/mol. The van der Waals surface area contributed by atoms with E-state index in [1.54, 1.807) is 36.4 Å². The number of benzene rings is 2. The summed E-state index contributed by atoms with van der Waals surface area (Å²) in [6, 6.07) is 16.3. The molecule has 0 aromatic heterocycles. The monoisotopic (exact) mass is 457 g/mol. The Hall–Kier alpha value is -2.61. The third-order valence-corrected chi connectivity index (χ3v) is 6.23. The fourth-order valence-corrected chi connectivity index (χ4v) is 4.36. The first-order valence-corrected chi connectivity index (χ1v) is 11.4. The number of likely N-dealkylation sites (tertiary alicyclic amines) is 1. The molecule has 2 aliphatic rings. The summed E-state index contributed by atoms with van der Waals surface area (Å²) in [7, 11) is 0. The molecule has 0 unspecified atom stereocenters. The van der Waals surface area contributed by atoms with Crippen LogP contribution < -0.4 is 5.32 Å². The van der Waals surface area contributed by atoms with E-state index in [1.165, 1.54) is 0 Å². The highest BCUT2D eigenvalue weighted by Crippen LogP contribution is 2.25. The largest absolute Gasteiger partial charge is 0.431 e. The molecule has 32 heavy (non-hydrogen) atoms. The van der Waals surface area contributed by atoms with Gasteiger partial charge in [-0.05, 0) is 37.1 Å². The highest BCUT2D eigenvalue weighted by molar-refractivity contribution is 6.30. The van der Waals surface area contributed by atoms with Gasteiger partial charge in [0.25, 0.3) is 5.91 Å². The minimum absolute atomic E-state index is 0.192. The lowest BCUT2D eigenvalue weighted by atomic mass is 10.0. The molecule has 1 atom stereocenters. The fourth-order valence-electron chi connectivity index (χ4n) is 4.24. The predicted octanol–water partition coefficient (Wildman–Crippen LogP) is 3.95. The summed E-state index contributed by atoms with van der Waals surface area (Å²) in [5.74, 6) is -0.192. The van der Waals surface area contributed by atoms with Gasteiger partial charge in [0, 0.05) is 48.5 Å². The molecular formula is C24H28ClN3O4. The molecule has 2 aromatic rings. The standard InChI is InChI=1S/C24H28ClN3O4/c25-19-6-8-20(9-7-19)26-24(30)32-22(18-4-2-1-3-5-18)23(29)28-12-10-21(11-13-28)27-14-16-31-17-15-27/h1-9,21-22H,10-17H2,(H,26,30)/t22-/m1/s1. The van der Waals surface area contributed by atoms with Crippen LogP contribution in [0.2, 0.25) is 5.02 Å². The van der Waals surface area contributed by atoms with Gasteiger partial charge in [-0.1, -0.05) is 41.9 Å². The van der Waals surface area contributed by atoms with Crippen LogP contribution in [0.1, 0.15) is 24.5 Å². The number of nitrogens with one attached hydrogen (secondary N) is 1. The zero-order chi connectivity index (χ0) is 22.3. The van der Waals surface area contributed by atoms with E-state index in [0.29, 0.717) is 35.4 Å². The van der Waals surface area contributed by atoms with E-state index in [0.717, 1.165) is 39.1 Å². The number of halogens is 1. The minimum atomic E-state index is -0.997. The van der Waals surface area contributed by atoms with Gasteiger partial charge in [-0.2, -0.15) is 0 Å². The second-order valence-corrected chi connectivity index (χ2v) is 8.47. The molecule has 2 amide bonds. The quantitative estimate of drug-likeness (QED) is 0.736. The van der Waals surface area contributed by atoms with Crippen LogP contribution in [-0.2, 0) is 14.3 Å². The Morgan fingerprint density at radius 3 is 2.28 bits per heavy atom. The number of hydrogen-bond acceptors (Lipinski definition) is 5. The van der Waals surface area contributed by atoms with E-state index in [9.17, 15) is 9.59 Å². The first-order chi connectivity index (χ1) is 15.6. The molecule has 1 N–H and O–H groups in total. The van der Waals surface area contributed by atoms with E-state index in [1.807, 2.05) is 23.1 Å². The zero-order valence-corrected chi connectivity index (χ0v) is 18.7. The van der Waals surface area contributed by atoms with Gasteiger partial charge in [0.15, 0.2) is 0 Å². The van der Waals surface area contributed by atoms with Crippen LogP contribution in [0.25, 0.3) is 0 Å². The Labute approximate surface area is 193 Å². The van der Waals surface area contributed by atoms with Crippen molar-refractivity contribution in [1.82, 2.24) is 9.80 Å². The lowest BCUT2D eigenvalue weighted by molar-refractivity contribution is -0.142. The van der Waals surface area contributed by atoms with Gasteiger partial charge in [-0.25, -0.2) is 4.79 Å². The number of carbonyl (C=O) groups is 2. The van der Waals surface area contributed by atoms with Gasteiger partial charge < -0.3 is 14.4 Å². The summed E-state index contributed by atoms with van der Waals surface area (Å²) in [5, 5.41) is 3.24. The number of morpholine rings is 1. The molecular weight excluding hydrogens is 430 g/mol. The number of amides is 2. The molecule has 170 valence electrons. The molecule has 2 saturated heterocycles. The molecule has 2 aromatic carbocycles. The highest BCUT2D eigenvalue weighted by atomic mass is 35.5. The summed E-state index contributed by atoms with van der Waals surface area (Å²) >= 11 is 5.90. The Morgan fingerprint density at radius 2 is 1.62 bits per heavy atom. The van der Waals surface area contributed by atoms with Crippen LogP contribution in [0, 0.1) is 0 Å². The van der Waals surface area contributed by atoms with Gasteiger partial charge in [0.1, 0.15) is 0 Å². The van der Waals surface area contributed by atoms with Crippen molar-refractivity contribution >= 4 is 29.3 Å². The van der Waals surface area contributed by atoms with Crippen LogP contribution in [0.15, 0.2) is 54.6 Å². The average Bonchev–Trinajstić information content (AvgIpc) is 2.85. The Morgan fingerprint density at radius 1 is 0.969 bits per heavy atom. The molecule has 0 bridgehead atoms. The number of carbonyl (C=O) groups excluding carboxylic acids is 2. The Kier molecular flexibility index (Phi) is 7.63. The van der Waals surface area contributed by atoms with Gasteiger partial charge in [-0.3, -0.25) is 15.0 Å². The van der Waals surface area contributed by atoms with Crippen molar-refractivity contribution in [2.75, 3.05) is 44.7 Å². The van der Waals surface area contributed by atoms with Crippen molar-refractivity contribution in [3.63, 3.8) is 0 Å². The minimum Gasteiger partial charge on any atom is -0.431 e. The number of anilines is 1. The smallest absolute Gasteiger partial charge is 0.412 e. The third kappa shape index (κ3) is 5.79. The van der Waals surface area contributed by atoms with Crippen molar-refractivity contribution in [3.05, 3.63) is 65.2 Å². The number of rotatable bonds is 5. The van der Waals surface area contributed by atoms with E-state index in [2.05, 4.69) is 10.2 Å². The van der Waals surface area contributed by atoms with Crippen LogP contribution in [0.4, 0.5) is 10.5 Å². The first kappa shape index (κ1) is 22.6. The SMILES string of the molecule is O=C(Nc1ccc(Cl)cc1)O[C@@H](C(=O)N1CCC(N2CCOCC2)CC1)c1ccccc1. The lowest BCUT2D eigenvalue weighted by Gasteiger charge is -2.40. The van der Waals surface area contributed by atoms with Gasteiger partial charge >= 0.3 is 6.09 Å². The second kappa shape index (κ2) is 10.8. The van der Waals surface area contributed by atoms with Crippen molar-refractivity contribution in [3.8, 4) is 0 Å². The van der Waals surface area contributed by atoms with E-state index >= 15 is 0 Å². The summed E-state index contributed by atoms with van der Waals surface area (Å²) in [5.41, 5.74) is 1.20. The van der Waals surface area contributed by atoms with E-state index < -0.39 is 12.2 Å². The van der Waals surface area contributed by atoms with Crippen LogP contribution in [-0.4, -0.2) is 67.2 Å². The normalized spacial score (nSPS) is 18.7. The third-order valence-electron chi connectivity index (χ3n) is 5.98. The molecule has 2 aliphatic heterocycles. The second-order valence-electron chi connectivity index (χ2n) is 8.03. The first-order valence-electron chi connectivity index (χ1n) is 11.0. The molecule has 2 heterocycles. The zero-order valence-electron chi connectivity index (χ0n) is 17.9. The summed E-state index contributed by atoms with van der Waals surface area (Å²) in [6.45, 7) is 4.72. The molecule has 0 aliphatic carbocycles. The average molecular weight is 458 g/mol. The molecule has 0 spiro atoms. The van der Waals surface area contributed by atoms with Crippen molar-refractivity contribution < 1.29 is 19.1 Å². The van der Waals surface area contributed by atoms with E-state index in [-0.39, 0.29) is 5.91 Å². The molecule has 7 nitrogen and oxygen atoms in total. The lowest BCUT2D eigenvalue weighted by Crippen LogP contribution is -2.51. The van der Waals surface area contributed by atoms with Crippen LogP contribution in [0.3, 0.4) is 0 Å². The summed E-state index contributed by atoms with van der Waals surface area (Å²) < 4.78 is 11.1. The number of nitrogens with zero attached hydrogens (tertiary/aromatic N) is 2. The maximum absolute atomic E-state index is 13.4. The van der Waals surface area contributed by atoms with Crippen molar-refractivity contribution in [1.29, 1.82) is 0 Å². The highest BCUT2D eigenvalue weighted by Gasteiger charge is 2.33. The summed E-state index contributed by atoms with van der Waals surface area (Å²) in [6.07, 6.45) is 0.134. The maximum atomic E-state index is 13.4. The number of piperidine rings is 1. The van der Waals surface area contributed by atoms with Gasteiger partial charge in [-0.15, -0.1) is 0 Å². The van der Waals surface area contributed by atoms with Crippen molar-refractivity contribution in [2.45, 2.75) is 25.0 Å². The Bertz CT molecular complexity index is 895. The van der Waals surface area contributed by atoms with Gasteiger partial charge in [0.2, 0.25) is 6.10 Å². The Balaban J connectivity index is 1.40. The van der Waals surface area contributed by atoms with Gasteiger partial charge in [0.05, 0.1) is 13.2 Å². The number of ether oxygens (including phenoxy) is 2. The topological polar surface area (TPSA) is 71.1 Å². The van der Waals surface area contributed by atoms with Crippen molar-refractivity contribution in [2.24, 2.45) is 0 Å². The summed E-state index contributed by atoms with van der Waals surface area (Å²) in [4.78, 5) is 30.2. The molecule has 4 rings (SSSR count). The van der Waals surface area contributed by atoms with Crippen LogP contribution in [0.5, 0.6) is 0 Å². The fraction of sp³-hybridized carbons (Fsp3) is 0.417. The molecule has 0 radical (unpaired) electrons.